The van der Waals surface area contributed by atoms with E-state index in [1.807, 2.05) is 38.1 Å². The molecular formula is C21H24ClIO4S2. The zero-order chi connectivity index (χ0) is 21.6. The molecule has 0 bridgehead atoms. The largest absolute Gasteiger partial charge is 0.495 e. The summed E-state index contributed by atoms with van der Waals surface area (Å²) in [5.41, 5.74) is 3.09. The van der Waals surface area contributed by atoms with Crippen molar-refractivity contribution in [2.24, 2.45) is 5.92 Å². The first-order chi connectivity index (χ1) is 13.8. The SMILES string of the molecule is COc1cc(C(c2ccc(C)c(CCl)c2)C(C)C(=O)OCCSI)sc1C(C)=O. The fourth-order valence-electron chi connectivity index (χ4n) is 3.11. The number of aryl methyl sites for hydroxylation is 1. The molecule has 2 rings (SSSR count). The van der Waals surface area contributed by atoms with Gasteiger partial charge in [0, 0.05) is 29.4 Å². The molecule has 0 spiro atoms. The van der Waals surface area contributed by atoms with E-state index in [0.29, 0.717) is 23.1 Å². The van der Waals surface area contributed by atoms with E-state index in [0.717, 1.165) is 27.3 Å². The molecule has 2 atom stereocenters. The summed E-state index contributed by atoms with van der Waals surface area (Å²) in [5.74, 6) is 0.666. The summed E-state index contributed by atoms with van der Waals surface area (Å²) in [6.07, 6.45) is 0. The van der Waals surface area contributed by atoms with E-state index in [1.54, 1.807) is 16.0 Å². The molecule has 0 aliphatic carbocycles. The molecule has 0 saturated carbocycles. The number of hydrogen-bond acceptors (Lipinski definition) is 6. The van der Waals surface area contributed by atoms with Gasteiger partial charge in [0.1, 0.15) is 17.2 Å². The second-order valence-corrected chi connectivity index (χ2v) is 10.5. The molecule has 4 nitrogen and oxygen atoms in total. The Morgan fingerprint density at radius 3 is 2.59 bits per heavy atom. The lowest BCUT2D eigenvalue weighted by atomic mass is 9.84. The lowest BCUT2D eigenvalue weighted by Gasteiger charge is -2.23. The highest BCUT2D eigenvalue weighted by Crippen LogP contribution is 2.41. The number of ether oxygens (including phenoxy) is 2. The minimum Gasteiger partial charge on any atom is -0.495 e. The summed E-state index contributed by atoms with van der Waals surface area (Å²) in [4.78, 5) is 26.3. The monoisotopic (exact) mass is 566 g/mol. The number of thiophene rings is 1. The van der Waals surface area contributed by atoms with E-state index >= 15 is 0 Å². The molecule has 0 fully saturated rings. The van der Waals surface area contributed by atoms with Crippen molar-refractivity contribution in [2.45, 2.75) is 32.6 Å². The maximum atomic E-state index is 12.8. The molecule has 0 saturated heterocycles. The standard InChI is InChI=1S/C21H24ClIO4S2/c1-12-5-6-15(9-16(12)11-22)19(13(2)21(25)27-7-8-28-23)18-10-17(26-4)20(29-18)14(3)24/h5-6,9-10,13,19H,7-8,11H2,1-4H3. The predicted molar refractivity (Wildman–Crippen MR) is 130 cm³/mol. The number of Topliss-reactive ketones (excluding diaryl/α,β-unsaturated/α-hetero) is 1. The smallest absolute Gasteiger partial charge is 0.309 e. The number of benzene rings is 1. The van der Waals surface area contributed by atoms with Crippen LogP contribution in [-0.2, 0) is 15.4 Å². The van der Waals surface area contributed by atoms with Crippen LogP contribution in [0.5, 0.6) is 5.75 Å². The van der Waals surface area contributed by atoms with Crippen LogP contribution in [0.3, 0.4) is 0 Å². The van der Waals surface area contributed by atoms with Gasteiger partial charge < -0.3 is 9.47 Å². The number of rotatable bonds is 10. The third-order valence-electron chi connectivity index (χ3n) is 4.72. The maximum Gasteiger partial charge on any atom is 0.309 e. The minimum atomic E-state index is -0.428. The number of carbonyl (C=O) groups is 2. The Labute approximate surface area is 197 Å². The molecule has 0 aliphatic rings. The van der Waals surface area contributed by atoms with Gasteiger partial charge in [-0.25, -0.2) is 0 Å². The van der Waals surface area contributed by atoms with Crippen LogP contribution in [-0.4, -0.2) is 31.2 Å². The van der Waals surface area contributed by atoms with Gasteiger partial charge >= 0.3 is 5.97 Å². The molecule has 0 aliphatic heterocycles. The van der Waals surface area contributed by atoms with Crippen molar-refractivity contribution in [1.29, 1.82) is 0 Å². The Bertz CT molecular complexity index is 868. The van der Waals surface area contributed by atoms with Gasteiger partial charge in [-0.05, 0) is 50.9 Å². The Morgan fingerprint density at radius 1 is 1.31 bits per heavy atom. The zero-order valence-electron chi connectivity index (χ0n) is 16.8. The number of carbonyl (C=O) groups excluding carboxylic acids is 2. The summed E-state index contributed by atoms with van der Waals surface area (Å²) >= 11 is 9.66. The molecule has 1 heterocycles. The molecular weight excluding hydrogens is 543 g/mol. The molecule has 1 aromatic heterocycles. The maximum absolute atomic E-state index is 12.8. The highest BCUT2D eigenvalue weighted by Gasteiger charge is 2.31. The lowest BCUT2D eigenvalue weighted by molar-refractivity contribution is -0.147. The summed E-state index contributed by atoms with van der Waals surface area (Å²) < 4.78 is 10.9. The fraction of sp³-hybridized carbons (Fsp3) is 0.429. The topological polar surface area (TPSA) is 52.6 Å². The minimum absolute atomic E-state index is 0.0588. The van der Waals surface area contributed by atoms with Crippen molar-refractivity contribution in [3.8, 4) is 5.75 Å². The summed E-state index contributed by atoms with van der Waals surface area (Å²) in [6.45, 7) is 5.77. The lowest BCUT2D eigenvalue weighted by Crippen LogP contribution is -2.23. The highest BCUT2D eigenvalue weighted by molar-refractivity contribution is 14.2. The van der Waals surface area contributed by atoms with Gasteiger partial charge in [0.05, 0.1) is 13.0 Å². The van der Waals surface area contributed by atoms with E-state index in [-0.39, 0.29) is 17.7 Å². The average molecular weight is 567 g/mol. The van der Waals surface area contributed by atoms with Crippen molar-refractivity contribution in [3.63, 3.8) is 0 Å². The Balaban J connectivity index is 2.51. The highest BCUT2D eigenvalue weighted by atomic mass is 127. The van der Waals surface area contributed by atoms with Crippen LogP contribution in [0.2, 0.25) is 0 Å². The van der Waals surface area contributed by atoms with Crippen LogP contribution in [0.1, 0.15) is 51.0 Å². The third-order valence-corrected chi connectivity index (χ3v) is 7.95. The Morgan fingerprint density at radius 2 is 2.03 bits per heavy atom. The van der Waals surface area contributed by atoms with Crippen LogP contribution in [0, 0.1) is 12.8 Å². The van der Waals surface area contributed by atoms with E-state index in [4.69, 9.17) is 21.1 Å². The van der Waals surface area contributed by atoms with Crippen LogP contribution >= 0.6 is 53.1 Å². The fourth-order valence-corrected chi connectivity index (χ4v) is 5.34. The Kier molecular flexibility index (Phi) is 9.78. The molecule has 2 unspecified atom stereocenters. The molecule has 158 valence electrons. The first-order valence-electron chi connectivity index (χ1n) is 9.08. The van der Waals surface area contributed by atoms with Crippen LogP contribution < -0.4 is 4.74 Å². The van der Waals surface area contributed by atoms with E-state index < -0.39 is 5.92 Å². The number of alkyl halides is 1. The summed E-state index contributed by atoms with van der Waals surface area (Å²) in [7, 11) is 3.15. The van der Waals surface area contributed by atoms with E-state index in [2.05, 4.69) is 21.2 Å². The van der Waals surface area contributed by atoms with Crippen molar-refractivity contribution in [1.82, 2.24) is 0 Å². The molecule has 2 aromatic rings. The molecule has 0 N–H and O–H groups in total. The van der Waals surface area contributed by atoms with Gasteiger partial charge in [-0.1, -0.05) is 34.1 Å². The second-order valence-electron chi connectivity index (χ2n) is 6.67. The van der Waals surface area contributed by atoms with Crippen molar-refractivity contribution in [3.05, 3.63) is 50.7 Å². The quantitative estimate of drug-likeness (QED) is 0.110. The molecule has 29 heavy (non-hydrogen) atoms. The number of halogens is 2. The second kappa shape index (κ2) is 11.6. The molecule has 8 heteroatoms. The van der Waals surface area contributed by atoms with Gasteiger partial charge in [0.2, 0.25) is 0 Å². The van der Waals surface area contributed by atoms with Gasteiger partial charge in [-0.2, -0.15) is 0 Å². The summed E-state index contributed by atoms with van der Waals surface area (Å²) in [5, 5.41) is 0. The van der Waals surface area contributed by atoms with Gasteiger partial charge in [0.25, 0.3) is 0 Å². The van der Waals surface area contributed by atoms with Gasteiger partial charge in [-0.3, -0.25) is 9.59 Å². The van der Waals surface area contributed by atoms with E-state index in [9.17, 15) is 9.59 Å². The zero-order valence-corrected chi connectivity index (χ0v) is 21.3. The van der Waals surface area contributed by atoms with Gasteiger partial charge in [0.15, 0.2) is 5.78 Å². The molecule has 0 amide bonds. The average Bonchev–Trinajstić information content (AvgIpc) is 3.13. The molecule has 1 aromatic carbocycles. The number of methoxy groups -OCH3 is 1. The molecule has 0 radical (unpaired) electrons. The van der Waals surface area contributed by atoms with Crippen LogP contribution in [0.4, 0.5) is 0 Å². The van der Waals surface area contributed by atoms with Crippen molar-refractivity contribution >= 4 is 64.8 Å². The third kappa shape index (κ3) is 6.12. The first kappa shape index (κ1) is 24.5. The van der Waals surface area contributed by atoms with Gasteiger partial charge in [-0.15, -0.1) is 22.9 Å². The summed E-state index contributed by atoms with van der Waals surface area (Å²) in [6, 6.07) is 7.93. The number of esters is 1. The number of hydrogen-bond donors (Lipinski definition) is 0. The number of ketones is 1. The first-order valence-corrected chi connectivity index (χ1v) is 14.0. The van der Waals surface area contributed by atoms with Crippen molar-refractivity contribution < 1.29 is 19.1 Å². The normalized spacial score (nSPS) is 13.0. The van der Waals surface area contributed by atoms with Crippen LogP contribution in [0.25, 0.3) is 0 Å². The van der Waals surface area contributed by atoms with Crippen molar-refractivity contribution in [2.75, 3.05) is 19.5 Å². The van der Waals surface area contributed by atoms with E-state index in [1.165, 1.54) is 18.3 Å². The predicted octanol–water partition coefficient (Wildman–Crippen LogP) is 6.40. The Hall–Kier alpha value is -0.770. The van der Waals surface area contributed by atoms with Crippen LogP contribution in [0.15, 0.2) is 24.3 Å².